The number of benzene rings is 1. The Bertz CT molecular complexity index is 709. The largest absolute Gasteiger partial charge is 0.493 e. The predicted molar refractivity (Wildman–Crippen MR) is 82.8 cm³/mol. The number of anilines is 1. The normalized spacial score (nSPS) is 10.1. The van der Waals surface area contributed by atoms with Gasteiger partial charge in [0.15, 0.2) is 0 Å². The molecule has 1 heterocycles. The minimum atomic E-state index is -0.252. The molecule has 0 aliphatic heterocycles. The number of carbonyl (C=O) groups is 1. The molecule has 1 amide bonds. The van der Waals surface area contributed by atoms with Crippen molar-refractivity contribution < 1.29 is 13.9 Å². The van der Waals surface area contributed by atoms with Crippen LogP contribution in [0.2, 0.25) is 0 Å². The third kappa shape index (κ3) is 3.67. The number of furan rings is 1. The van der Waals surface area contributed by atoms with Gasteiger partial charge in [0.2, 0.25) is 11.8 Å². The number of nitriles is 1. The highest BCUT2D eigenvalue weighted by Gasteiger charge is 2.16. The van der Waals surface area contributed by atoms with Gasteiger partial charge in [0, 0.05) is 5.56 Å². The van der Waals surface area contributed by atoms with E-state index in [-0.39, 0.29) is 24.8 Å². The lowest BCUT2D eigenvalue weighted by Gasteiger charge is -2.06. The number of ether oxygens (including phenoxy) is 1. The maximum atomic E-state index is 11.9. The van der Waals surface area contributed by atoms with Crippen LogP contribution in [-0.2, 0) is 4.79 Å². The zero-order valence-electron chi connectivity index (χ0n) is 12.9. The van der Waals surface area contributed by atoms with Gasteiger partial charge < -0.3 is 9.15 Å². The molecule has 0 saturated heterocycles. The first-order valence-electron chi connectivity index (χ1n) is 7.00. The third-order valence-corrected chi connectivity index (χ3v) is 3.37. The van der Waals surface area contributed by atoms with Crippen LogP contribution in [0, 0.1) is 32.1 Å². The first-order chi connectivity index (χ1) is 10.5. The second kappa shape index (κ2) is 6.81. The predicted octanol–water partition coefficient (Wildman–Crippen LogP) is 3.48. The van der Waals surface area contributed by atoms with Crippen molar-refractivity contribution in [2.45, 2.75) is 27.2 Å². The van der Waals surface area contributed by atoms with Gasteiger partial charge in [-0.05, 0) is 32.9 Å². The van der Waals surface area contributed by atoms with Gasteiger partial charge >= 0.3 is 0 Å². The first kappa shape index (κ1) is 15.6. The molecular weight excluding hydrogens is 280 g/mol. The standard InChI is InChI=1S/C17H18N2O3/c1-11-4-6-14(7-5-11)21-9-8-16(20)19-17-15(10-18)12(2)13(3)22-17/h4-7H,8-9H2,1-3H3,(H,19,20). The van der Waals surface area contributed by atoms with Crippen LogP contribution >= 0.6 is 0 Å². The van der Waals surface area contributed by atoms with Crippen molar-refractivity contribution >= 4 is 11.8 Å². The number of carbonyl (C=O) groups excluding carboxylic acids is 1. The van der Waals surface area contributed by atoms with Gasteiger partial charge in [0.25, 0.3) is 0 Å². The Balaban J connectivity index is 1.87. The van der Waals surface area contributed by atoms with Crippen LogP contribution in [0.25, 0.3) is 0 Å². The summed E-state index contributed by atoms with van der Waals surface area (Å²) in [5, 5.41) is 11.7. The minimum absolute atomic E-state index is 0.178. The molecule has 1 aromatic carbocycles. The Labute approximate surface area is 129 Å². The van der Waals surface area contributed by atoms with Crippen molar-refractivity contribution in [2.24, 2.45) is 0 Å². The summed E-state index contributed by atoms with van der Waals surface area (Å²) in [4.78, 5) is 11.9. The quantitative estimate of drug-likeness (QED) is 0.917. The second-order valence-corrected chi connectivity index (χ2v) is 5.06. The summed E-state index contributed by atoms with van der Waals surface area (Å²) >= 11 is 0. The molecule has 0 spiro atoms. The highest BCUT2D eigenvalue weighted by atomic mass is 16.5. The van der Waals surface area contributed by atoms with E-state index in [1.54, 1.807) is 13.8 Å². The van der Waals surface area contributed by atoms with Gasteiger partial charge in [-0.2, -0.15) is 5.26 Å². The number of rotatable bonds is 5. The molecule has 0 aliphatic carbocycles. The second-order valence-electron chi connectivity index (χ2n) is 5.06. The van der Waals surface area contributed by atoms with E-state index in [1.165, 1.54) is 0 Å². The molecule has 0 saturated carbocycles. The van der Waals surface area contributed by atoms with Crippen molar-refractivity contribution in [1.82, 2.24) is 0 Å². The molecule has 0 radical (unpaired) electrons. The molecule has 22 heavy (non-hydrogen) atoms. The van der Waals surface area contributed by atoms with Crippen LogP contribution in [0.1, 0.15) is 28.9 Å². The molecule has 2 aromatic rings. The van der Waals surface area contributed by atoms with Crippen molar-refractivity contribution in [3.05, 3.63) is 46.7 Å². The summed E-state index contributed by atoms with van der Waals surface area (Å²) < 4.78 is 10.9. The van der Waals surface area contributed by atoms with Gasteiger partial charge in [-0.15, -0.1) is 0 Å². The summed E-state index contributed by atoms with van der Waals surface area (Å²) in [5.41, 5.74) is 2.26. The Morgan fingerprint density at radius 3 is 2.59 bits per heavy atom. The van der Waals surface area contributed by atoms with Gasteiger partial charge in [-0.25, -0.2) is 0 Å². The zero-order chi connectivity index (χ0) is 16.1. The lowest BCUT2D eigenvalue weighted by molar-refractivity contribution is -0.116. The van der Waals surface area contributed by atoms with E-state index in [0.717, 1.165) is 16.9 Å². The number of nitrogens with zero attached hydrogens (tertiary/aromatic N) is 1. The lowest BCUT2D eigenvalue weighted by atomic mass is 10.2. The highest BCUT2D eigenvalue weighted by molar-refractivity contribution is 5.91. The van der Waals surface area contributed by atoms with Crippen LogP contribution in [-0.4, -0.2) is 12.5 Å². The Morgan fingerprint density at radius 1 is 1.27 bits per heavy atom. The van der Waals surface area contributed by atoms with E-state index in [0.29, 0.717) is 11.3 Å². The third-order valence-electron chi connectivity index (χ3n) is 3.37. The van der Waals surface area contributed by atoms with Gasteiger partial charge in [-0.3, -0.25) is 10.1 Å². The van der Waals surface area contributed by atoms with Crippen LogP contribution < -0.4 is 10.1 Å². The first-order valence-corrected chi connectivity index (χ1v) is 7.00. The molecule has 1 N–H and O–H groups in total. The maximum Gasteiger partial charge on any atom is 0.230 e. The van der Waals surface area contributed by atoms with E-state index >= 15 is 0 Å². The molecule has 0 unspecified atom stereocenters. The Morgan fingerprint density at radius 2 is 1.95 bits per heavy atom. The maximum absolute atomic E-state index is 11.9. The summed E-state index contributed by atoms with van der Waals surface area (Å²) in [6.45, 7) is 5.80. The number of aryl methyl sites for hydroxylation is 2. The molecule has 5 heteroatoms. The fraction of sp³-hybridized carbons (Fsp3) is 0.294. The van der Waals surface area contributed by atoms with Gasteiger partial charge in [0.1, 0.15) is 23.1 Å². The number of amides is 1. The number of hydrogen-bond acceptors (Lipinski definition) is 4. The van der Waals surface area contributed by atoms with Crippen LogP contribution in [0.3, 0.4) is 0 Å². The number of nitrogens with one attached hydrogen (secondary N) is 1. The van der Waals surface area contributed by atoms with E-state index < -0.39 is 0 Å². The molecule has 0 bridgehead atoms. The molecule has 1 aromatic heterocycles. The fourth-order valence-electron chi connectivity index (χ4n) is 1.93. The van der Waals surface area contributed by atoms with E-state index in [9.17, 15) is 4.79 Å². The molecule has 0 atom stereocenters. The van der Waals surface area contributed by atoms with Crippen LogP contribution in [0.4, 0.5) is 5.88 Å². The monoisotopic (exact) mass is 298 g/mol. The average Bonchev–Trinajstić information content (AvgIpc) is 2.75. The van der Waals surface area contributed by atoms with Gasteiger partial charge in [0.05, 0.1) is 13.0 Å². The Hall–Kier alpha value is -2.74. The zero-order valence-corrected chi connectivity index (χ0v) is 12.9. The summed E-state index contributed by atoms with van der Waals surface area (Å²) in [5.74, 6) is 1.30. The topological polar surface area (TPSA) is 75.3 Å². The molecular formula is C17H18N2O3. The van der Waals surface area contributed by atoms with E-state index in [4.69, 9.17) is 14.4 Å². The molecule has 114 valence electrons. The Kier molecular flexibility index (Phi) is 4.84. The van der Waals surface area contributed by atoms with Crippen molar-refractivity contribution in [1.29, 1.82) is 5.26 Å². The summed E-state index contributed by atoms with van der Waals surface area (Å²) in [6.07, 6.45) is 0.178. The van der Waals surface area contributed by atoms with Crippen LogP contribution in [0.5, 0.6) is 5.75 Å². The summed E-state index contributed by atoms with van der Waals surface area (Å²) in [7, 11) is 0. The van der Waals surface area contributed by atoms with Crippen LogP contribution in [0.15, 0.2) is 28.7 Å². The van der Waals surface area contributed by atoms with Crippen molar-refractivity contribution in [3.63, 3.8) is 0 Å². The van der Waals surface area contributed by atoms with E-state index in [2.05, 4.69) is 5.32 Å². The number of hydrogen-bond donors (Lipinski definition) is 1. The SMILES string of the molecule is Cc1ccc(OCCC(=O)Nc2oc(C)c(C)c2C#N)cc1. The smallest absolute Gasteiger partial charge is 0.230 e. The molecule has 0 aliphatic rings. The molecule has 2 rings (SSSR count). The fourth-order valence-corrected chi connectivity index (χ4v) is 1.93. The van der Waals surface area contributed by atoms with Crippen molar-refractivity contribution in [2.75, 3.05) is 11.9 Å². The molecule has 0 fully saturated rings. The lowest BCUT2D eigenvalue weighted by Crippen LogP contribution is -2.15. The summed E-state index contributed by atoms with van der Waals surface area (Å²) in [6, 6.07) is 9.66. The average molecular weight is 298 g/mol. The van der Waals surface area contributed by atoms with E-state index in [1.807, 2.05) is 37.3 Å². The highest BCUT2D eigenvalue weighted by Crippen LogP contribution is 2.25. The van der Waals surface area contributed by atoms with Gasteiger partial charge in [-0.1, -0.05) is 17.7 Å². The minimum Gasteiger partial charge on any atom is -0.493 e. The molecule has 5 nitrogen and oxygen atoms in total. The van der Waals surface area contributed by atoms with Crippen molar-refractivity contribution in [3.8, 4) is 11.8 Å².